The summed E-state index contributed by atoms with van der Waals surface area (Å²) in [5, 5.41) is -3.53. The predicted molar refractivity (Wildman–Crippen MR) is 25.7 cm³/mol. The summed E-state index contributed by atoms with van der Waals surface area (Å²) in [5.74, 6) is 0. The molecule has 0 rings (SSSR count). The van der Waals surface area contributed by atoms with Gasteiger partial charge < -0.3 is 0 Å². The highest BCUT2D eigenvalue weighted by Crippen LogP contribution is 2.27. The molecule has 0 aromatic heterocycles. The molecule has 0 amide bonds. The van der Waals surface area contributed by atoms with Crippen molar-refractivity contribution in [1.29, 1.82) is 0 Å². The van der Waals surface area contributed by atoms with E-state index in [1.807, 2.05) is 0 Å². The van der Waals surface area contributed by atoms with Crippen LogP contribution in [-0.4, -0.2) is 5.38 Å². The van der Waals surface area contributed by atoms with Crippen LogP contribution in [0.5, 0.6) is 0 Å². The van der Waals surface area contributed by atoms with Gasteiger partial charge in [0.1, 0.15) is 0 Å². The summed E-state index contributed by atoms with van der Waals surface area (Å²) >= 11 is 4.34. The van der Waals surface area contributed by atoms with Crippen LogP contribution >= 0.6 is 11.6 Å². The Kier molecular flexibility index (Phi) is 2.34. The first-order valence-electron chi connectivity index (χ1n) is 1.82. The zero-order valence-corrected chi connectivity index (χ0v) is 4.85. The number of rotatable bonds is 1. The Bertz CT molecular complexity index is 102. The minimum atomic E-state index is -3.53. The van der Waals surface area contributed by atoms with E-state index >= 15 is 0 Å². The molecule has 0 aliphatic carbocycles. The van der Waals surface area contributed by atoms with Crippen LogP contribution in [0.2, 0.25) is 0 Å². The highest BCUT2D eigenvalue weighted by atomic mass is 35.5. The maximum absolute atomic E-state index is 11.6. The lowest BCUT2D eigenvalue weighted by molar-refractivity contribution is 0.137. The Morgan fingerprint density at radius 1 is 1.62 bits per heavy atom. The van der Waals surface area contributed by atoms with Gasteiger partial charge in [0.2, 0.25) is 0 Å². The number of allylic oxidation sites excluding steroid dienone is 1. The molecule has 0 aliphatic rings. The van der Waals surface area contributed by atoms with Crippen LogP contribution in [0.25, 0.3) is 0 Å². The van der Waals surface area contributed by atoms with Gasteiger partial charge in [-0.3, -0.25) is 0 Å². The molecule has 0 aromatic carbocycles. The number of halogens is 4. The van der Waals surface area contributed by atoms with E-state index in [-0.39, 0.29) is 6.33 Å². The van der Waals surface area contributed by atoms with Crippen molar-refractivity contribution in [2.24, 2.45) is 0 Å². The average Bonchev–Trinajstić information content (AvgIpc) is 1.62. The van der Waals surface area contributed by atoms with E-state index in [1.165, 1.54) is 0 Å². The molecular formula is C4H4ClF3. The second kappa shape index (κ2) is 2.40. The van der Waals surface area contributed by atoms with E-state index in [0.29, 0.717) is 0 Å². The van der Waals surface area contributed by atoms with Crippen LogP contribution < -0.4 is 0 Å². The van der Waals surface area contributed by atoms with Crippen molar-refractivity contribution in [3.05, 3.63) is 11.9 Å². The summed E-state index contributed by atoms with van der Waals surface area (Å²) in [6, 6.07) is 0. The summed E-state index contributed by atoms with van der Waals surface area (Å²) in [5.41, 5.74) is -0.779. The van der Waals surface area contributed by atoms with Gasteiger partial charge in [-0.25, -0.2) is 4.39 Å². The smallest absolute Gasteiger partial charge is 0.215 e. The Morgan fingerprint density at radius 3 is 2.00 bits per heavy atom. The monoisotopic (exact) mass is 144 g/mol. The van der Waals surface area contributed by atoms with Crippen LogP contribution in [0.1, 0.15) is 6.92 Å². The maximum atomic E-state index is 11.6. The number of hydrogen-bond donors (Lipinski definition) is 0. The quantitative estimate of drug-likeness (QED) is 0.497. The zero-order chi connectivity index (χ0) is 6.78. The Morgan fingerprint density at radius 2 is 2.00 bits per heavy atom. The second-order valence-corrected chi connectivity index (χ2v) is 1.76. The van der Waals surface area contributed by atoms with Crippen LogP contribution in [-0.2, 0) is 0 Å². The first kappa shape index (κ1) is 7.82. The molecule has 0 spiro atoms. The fourth-order valence-electron chi connectivity index (χ4n) is 0.0619. The molecule has 0 fully saturated rings. The number of hydrogen-bond acceptors (Lipinski definition) is 0. The molecule has 0 aliphatic heterocycles. The molecule has 0 nitrogen and oxygen atoms in total. The normalized spacial score (nSPS) is 14.4. The fraction of sp³-hybridized carbons (Fsp3) is 0.500. The summed E-state index contributed by atoms with van der Waals surface area (Å²) in [4.78, 5) is 0. The molecule has 8 heavy (non-hydrogen) atoms. The molecular weight excluding hydrogens is 140 g/mol. The first-order chi connectivity index (χ1) is 3.48. The average molecular weight is 145 g/mol. The molecule has 0 unspecified atom stereocenters. The van der Waals surface area contributed by atoms with E-state index in [1.54, 1.807) is 0 Å². The van der Waals surface area contributed by atoms with Gasteiger partial charge in [0, 0.05) is 5.57 Å². The molecule has 0 radical (unpaired) electrons. The van der Waals surface area contributed by atoms with E-state index in [9.17, 15) is 13.2 Å². The lowest BCUT2D eigenvalue weighted by Crippen LogP contribution is -2.05. The number of alkyl halides is 3. The maximum Gasteiger partial charge on any atom is 0.346 e. The molecule has 0 saturated heterocycles. The summed E-state index contributed by atoms with van der Waals surface area (Å²) < 4.78 is 34.3. The Hall–Kier alpha value is -0.180. The predicted octanol–water partition coefficient (Wildman–Crippen LogP) is 2.69. The third-order valence-electron chi connectivity index (χ3n) is 0.611. The van der Waals surface area contributed by atoms with Crippen LogP contribution in [0.3, 0.4) is 0 Å². The van der Waals surface area contributed by atoms with Crippen molar-refractivity contribution < 1.29 is 13.2 Å². The van der Waals surface area contributed by atoms with Gasteiger partial charge in [-0.05, 0) is 18.5 Å². The first-order valence-corrected chi connectivity index (χ1v) is 2.20. The lowest BCUT2D eigenvalue weighted by Gasteiger charge is -2.03. The van der Waals surface area contributed by atoms with Crippen molar-refractivity contribution in [1.82, 2.24) is 0 Å². The van der Waals surface area contributed by atoms with Crippen molar-refractivity contribution >= 4 is 11.6 Å². The van der Waals surface area contributed by atoms with Gasteiger partial charge in [-0.15, -0.1) is 0 Å². The highest BCUT2D eigenvalue weighted by molar-refractivity contribution is 6.23. The Balaban J connectivity index is 4.03. The van der Waals surface area contributed by atoms with Gasteiger partial charge in [0.15, 0.2) is 0 Å². The van der Waals surface area contributed by atoms with Crippen LogP contribution in [0.4, 0.5) is 13.2 Å². The minimum absolute atomic E-state index is 0.215. The van der Waals surface area contributed by atoms with Gasteiger partial charge >= 0.3 is 5.38 Å². The van der Waals surface area contributed by atoms with Crippen LogP contribution in [0.15, 0.2) is 11.9 Å². The highest BCUT2D eigenvalue weighted by Gasteiger charge is 2.27. The van der Waals surface area contributed by atoms with Crippen molar-refractivity contribution in [2.75, 3.05) is 0 Å². The molecule has 0 atom stereocenters. The van der Waals surface area contributed by atoms with Gasteiger partial charge in [-0.2, -0.15) is 8.78 Å². The zero-order valence-electron chi connectivity index (χ0n) is 4.09. The molecule has 0 saturated carbocycles. The largest absolute Gasteiger partial charge is 0.346 e. The topological polar surface area (TPSA) is 0 Å². The molecule has 48 valence electrons. The summed E-state index contributed by atoms with van der Waals surface area (Å²) in [6.07, 6.45) is -0.215. The summed E-state index contributed by atoms with van der Waals surface area (Å²) in [7, 11) is 0. The van der Waals surface area contributed by atoms with Crippen molar-refractivity contribution in [3.8, 4) is 0 Å². The van der Waals surface area contributed by atoms with Gasteiger partial charge in [-0.1, -0.05) is 0 Å². The molecule has 0 N–H and O–H groups in total. The molecule has 4 heteroatoms. The van der Waals surface area contributed by atoms with Crippen molar-refractivity contribution in [2.45, 2.75) is 12.3 Å². The molecule has 0 heterocycles. The second-order valence-electron chi connectivity index (χ2n) is 1.29. The standard InChI is InChI=1S/C4H4ClF3/c1-3(2-6)4(5,7)8/h2H,1H3/b3-2+. The fourth-order valence-corrected chi connectivity index (χ4v) is 0.103. The van der Waals surface area contributed by atoms with E-state index < -0.39 is 11.0 Å². The van der Waals surface area contributed by atoms with Crippen LogP contribution in [0, 0.1) is 0 Å². The Labute approximate surface area is 49.9 Å². The lowest BCUT2D eigenvalue weighted by atomic mass is 10.4. The SMILES string of the molecule is C/C(=C\F)C(F)(F)Cl. The van der Waals surface area contributed by atoms with E-state index in [4.69, 9.17) is 0 Å². The van der Waals surface area contributed by atoms with E-state index in [0.717, 1.165) is 6.92 Å². The molecule has 0 bridgehead atoms. The van der Waals surface area contributed by atoms with Gasteiger partial charge in [0.05, 0.1) is 6.33 Å². The van der Waals surface area contributed by atoms with E-state index in [2.05, 4.69) is 11.6 Å². The molecule has 0 aromatic rings. The third kappa shape index (κ3) is 2.21. The van der Waals surface area contributed by atoms with Crippen molar-refractivity contribution in [3.63, 3.8) is 0 Å². The summed E-state index contributed by atoms with van der Waals surface area (Å²) in [6.45, 7) is 0.910. The minimum Gasteiger partial charge on any atom is -0.215 e. The van der Waals surface area contributed by atoms with Gasteiger partial charge in [0.25, 0.3) is 0 Å². The third-order valence-corrected chi connectivity index (χ3v) is 0.909.